The van der Waals surface area contributed by atoms with Crippen molar-refractivity contribution in [3.63, 3.8) is 0 Å². The minimum absolute atomic E-state index is 0.0945. The summed E-state index contributed by atoms with van der Waals surface area (Å²) in [5, 5.41) is 5.76. The molecule has 1 fully saturated rings. The van der Waals surface area contributed by atoms with Crippen molar-refractivity contribution in [2.24, 2.45) is 5.92 Å². The smallest absolute Gasteiger partial charge is 0.333 e. The summed E-state index contributed by atoms with van der Waals surface area (Å²) >= 11 is 0. The van der Waals surface area contributed by atoms with Gasteiger partial charge in [-0.15, -0.1) is 0 Å². The molecular formula is C20H25N5O2. The second kappa shape index (κ2) is 9.56. The molecule has 2 aromatic rings. The molecule has 1 aromatic carbocycles. The van der Waals surface area contributed by atoms with E-state index in [4.69, 9.17) is 0 Å². The first-order valence-electron chi connectivity index (χ1n) is 9.31. The molecule has 0 saturated heterocycles. The van der Waals surface area contributed by atoms with Crippen molar-refractivity contribution in [1.29, 1.82) is 0 Å². The molecule has 1 aromatic heterocycles. The number of hydrogen-bond acceptors (Lipinski definition) is 4. The summed E-state index contributed by atoms with van der Waals surface area (Å²) in [4.78, 5) is 28.3. The second-order valence-corrected chi connectivity index (χ2v) is 6.67. The predicted octanol–water partition coefficient (Wildman–Crippen LogP) is 3.43. The molecule has 0 aliphatic heterocycles. The third kappa shape index (κ3) is 5.99. The molecule has 27 heavy (non-hydrogen) atoms. The van der Waals surface area contributed by atoms with Gasteiger partial charge in [-0.05, 0) is 42.7 Å². The summed E-state index contributed by atoms with van der Waals surface area (Å²) in [6, 6.07) is 12.5. The second-order valence-electron chi connectivity index (χ2n) is 6.67. The van der Waals surface area contributed by atoms with Crippen LogP contribution in [-0.4, -0.2) is 16.9 Å². The van der Waals surface area contributed by atoms with Gasteiger partial charge in [-0.25, -0.2) is 9.78 Å². The van der Waals surface area contributed by atoms with Gasteiger partial charge in [0.25, 0.3) is 0 Å². The Kier molecular flexibility index (Phi) is 6.62. The van der Waals surface area contributed by atoms with Crippen LogP contribution in [0.25, 0.3) is 0 Å². The number of urea groups is 1. The highest BCUT2D eigenvalue weighted by Crippen LogP contribution is 2.25. The van der Waals surface area contributed by atoms with Crippen molar-refractivity contribution in [3.8, 4) is 0 Å². The first-order valence-corrected chi connectivity index (χ1v) is 9.31. The summed E-state index contributed by atoms with van der Waals surface area (Å²) < 4.78 is 0. The fourth-order valence-electron chi connectivity index (χ4n) is 3.15. The van der Waals surface area contributed by atoms with E-state index in [1.165, 1.54) is 6.42 Å². The Morgan fingerprint density at radius 1 is 1.04 bits per heavy atom. The minimum atomic E-state index is -0.364. The van der Waals surface area contributed by atoms with Gasteiger partial charge in [-0.3, -0.25) is 15.6 Å². The highest BCUT2D eigenvalue weighted by atomic mass is 16.2. The molecule has 0 radical (unpaired) electrons. The van der Waals surface area contributed by atoms with Gasteiger partial charge in [-0.2, -0.15) is 0 Å². The average molecular weight is 367 g/mol. The number of hydrazine groups is 1. The Hall–Kier alpha value is -3.09. The summed E-state index contributed by atoms with van der Waals surface area (Å²) in [5.74, 6) is 0.765. The van der Waals surface area contributed by atoms with Crippen LogP contribution in [0.4, 0.5) is 16.3 Å². The molecule has 3 amide bonds. The first kappa shape index (κ1) is 18.7. The molecule has 3 rings (SSSR count). The topological polar surface area (TPSA) is 95.2 Å². The molecule has 0 bridgehead atoms. The van der Waals surface area contributed by atoms with Crippen LogP contribution < -0.4 is 21.5 Å². The van der Waals surface area contributed by atoms with Crippen molar-refractivity contribution in [2.75, 3.05) is 10.7 Å². The lowest BCUT2D eigenvalue weighted by Crippen LogP contribution is -2.38. The summed E-state index contributed by atoms with van der Waals surface area (Å²) in [6.07, 6.45) is 7.05. The van der Waals surface area contributed by atoms with Gasteiger partial charge in [0.15, 0.2) is 0 Å². The number of nitrogens with zero attached hydrogens (tertiary/aromatic N) is 1. The molecule has 7 heteroatoms. The zero-order valence-corrected chi connectivity index (χ0v) is 15.2. The fraction of sp³-hybridized carbons (Fsp3) is 0.350. The third-order valence-electron chi connectivity index (χ3n) is 4.59. The molecule has 1 saturated carbocycles. The number of aromatic nitrogens is 1. The molecular weight excluding hydrogens is 342 g/mol. The van der Waals surface area contributed by atoms with Gasteiger partial charge < -0.3 is 10.6 Å². The van der Waals surface area contributed by atoms with E-state index < -0.39 is 0 Å². The molecule has 0 atom stereocenters. The van der Waals surface area contributed by atoms with Gasteiger partial charge in [0, 0.05) is 24.3 Å². The third-order valence-corrected chi connectivity index (χ3v) is 4.59. The monoisotopic (exact) mass is 367 g/mol. The van der Waals surface area contributed by atoms with Crippen LogP contribution in [0.15, 0.2) is 48.7 Å². The Labute approximate surface area is 158 Å². The molecule has 0 unspecified atom stereocenters. The van der Waals surface area contributed by atoms with Crippen molar-refractivity contribution in [1.82, 2.24) is 15.7 Å². The lowest BCUT2D eigenvalue weighted by Gasteiger charge is -2.20. The van der Waals surface area contributed by atoms with Gasteiger partial charge in [0.1, 0.15) is 5.82 Å². The van der Waals surface area contributed by atoms with Crippen LogP contribution in [0.5, 0.6) is 0 Å². The SMILES string of the molecule is O=C(NCc1cccc(NC(=O)C2CCCCC2)c1)NNc1ccccn1. The van der Waals surface area contributed by atoms with Crippen LogP contribution in [-0.2, 0) is 11.3 Å². The van der Waals surface area contributed by atoms with Gasteiger partial charge in [0.05, 0.1) is 0 Å². The fourth-order valence-corrected chi connectivity index (χ4v) is 3.15. The number of hydrogen-bond donors (Lipinski definition) is 4. The van der Waals surface area contributed by atoms with Crippen molar-refractivity contribution >= 4 is 23.4 Å². The van der Waals surface area contributed by atoms with E-state index in [1.807, 2.05) is 30.3 Å². The molecule has 7 nitrogen and oxygen atoms in total. The number of amides is 3. The van der Waals surface area contributed by atoms with E-state index >= 15 is 0 Å². The predicted molar refractivity (Wildman–Crippen MR) is 105 cm³/mol. The lowest BCUT2D eigenvalue weighted by molar-refractivity contribution is -0.120. The van der Waals surface area contributed by atoms with Crippen LogP contribution in [0.3, 0.4) is 0 Å². The molecule has 1 heterocycles. The van der Waals surface area contributed by atoms with Gasteiger partial charge in [-0.1, -0.05) is 37.5 Å². The molecule has 1 aliphatic rings. The maximum Gasteiger partial charge on any atom is 0.333 e. The van der Waals surface area contributed by atoms with E-state index in [0.717, 1.165) is 36.9 Å². The summed E-state index contributed by atoms with van der Waals surface area (Å²) in [6.45, 7) is 0.350. The molecule has 142 valence electrons. The van der Waals surface area contributed by atoms with Gasteiger partial charge >= 0.3 is 6.03 Å². The quantitative estimate of drug-likeness (QED) is 0.588. The Balaban J connectivity index is 1.45. The Bertz CT molecular complexity index is 760. The standard InChI is InChI=1S/C20H25N5O2/c26-19(16-8-2-1-3-9-16)23-17-10-6-7-15(13-17)14-22-20(27)25-24-18-11-4-5-12-21-18/h4-7,10-13,16H,1-3,8-9,14H2,(H,21,24)(H,23,26)(H2,22,25,27). The highest BCUT2D eigenvalue weighted by Gasteiger charge is 2.21. The molecule has 4 N–H and O–H groups in total. The minimum Gasteiger partial charge on any atom is -0.333 e. The zero-order valence-electron chi connectivity index (χ0n) is 15.2. The Morgan fingerprint density at radius 2 is 1.89 bits per heavy atom. The molecule has 1 aliphatic carbocycles. The Morgan fingerprint density at radius 3 is 2.67 bits per heavy atom. The normalized spacial score (nSPS) is 14.2. The van der Waals surface area contributed by atoms with Crippen LogP contribution in [0.1, 0.15) is 37.7 Å². The number of carbonyl (C=O) groups excluding carboxylic acids is 2. The van der Waals surface area contributed by atoms with Crippen molar-refractivity contribution in [2.45, 2.75) is 38.6 Å². The van der Waals surface area contributed by atoms with Crippen molar-refractivity contribution in [3.05, 3.63) is 54.2 Å². The van der Waals surface area contributed by atoms with E-state index in [1.54, 1.807) is 18.3 Å². The first-order chi connectivity index (χ1) is 13.2. The zero-order chi connectivity index (χ0) is 18.9. The highest BCUT2D eigenvalue weighted by molar-refractivity contribution is 5.92. The number of benzene rings is 1. The van der Waals surface area contributed by atoms with Crippen LogP contribution in [0, 0.1) is 5.92 Å². The van der Waals surface area contributed by atoms with E-state index in [2.05, 4.69) is 26.5 Å². The van der Waals surface area contributed by atoms with Gasteiger partial charge in [0.2, 0.25) is 5.91 Å². The largest absolute Gasteiger partial charge is 0.333 e. The number of carbonyl (C=O) groups is 2. The number of anilines is 2. The van der Waals surface area contributed by atoms with Crippen molar-refractivity contribution < 1.29 is 9.59 Å². The maximum absolute atomic E-state index is 12.4. The van der Waals surface area contributed by atoms with E-state index in [9.17, 15) is 9.59 Å². The number of nitrogens with one attached hydrogen (secondary N) is 4. The van der Waals surface area contributed by atoms with Crippen LogP contribution >= 0.6 is 0 Å². The number of rotatable bonds is 6. The van der Waals surface area contributed by atoms with E-state index in [0.29, 0.717) is 12.4 Å². The number of pyridine rings is 1. The summed E-state index contributed by atoms with van der Waals surface area (Å²) in [5.41, 5.74) is 6.92. The summed E-state index contributed by atoms with van der Waals surface area (Å²) in [7, 11) is 0. The lowest BCUT2D eigenvalue weighted by atomic mass is 9.88. The molecule has 0 spiro atoms. The maximum atomic E-state index is 12.4. The average Bonchev–Trinajstić information content (AvgIpc) is 2.72. The van der Waals surface area contributed by atoms with E-state index in [-0.39, 0.29) is 17.9 Å². The van der Waals surface area contributed by atoms with Crippen LogP contribution in [0.2, 0.25) is 0 Å².